The van der Waals surface area contributed by atoms with Crippen LogP contribution in [0.2, 0.25) is 15.1 Å². The maximum Gasteiger partial charge on any atom is 0.337 e. The van der Waals surface area contributed by atoms with E-state index in [9.17, 15) is 64.2 Å². The Morgan fingerprint density at radius 3 is 0.865 bits per heavy atom. The van der Waals surface area contributed by atoms with E-state index in [-0.39, 0.29) is 81.5 Å². The number of ether oxygens (including phenoxy) is 1. The van der Waals surface area contributed by atoms with Crippen molar-refractivity contribution in [2.45, 2.75) is 92.1 Å². The minimum Gasteiger partial charge on any atom is -0.478 e. The number of hydrogen-bond donors (Lipinski definition) is 4. The Kier molecular flexibility index (Phi) is 38.4. The van der Waals surface area contributed by atoms with Crippen molar-refractivity contribution in [3.63, 3.8) is 0 Å². The molecule has 36 heteroatoms. The predicted octanol–water partition coefficient (Wildman–Crippen LogP) is 17.8. The van der Waals surface area contributed by atoms with Crippen molar-refractivity contribution < 1.29 is 87.3 Å². The van der Waals surface area contributed by atoms with E-state index in [1.807, 2.05) is 27.7 Å². The lowest BCUT2D eigenvalue weighted by Crippen LogP contribution is -2.41. The largest absolute Gasteiger partial charge is 0.478 e. The van der Waals surface area contributed by atoms with Crippen LogP contribution in [0, 0.1) is 0 Å². The number of carboxylic acid groups (broad SMARTS) is 2. The van der Waals surface area contributed by atoms with Crippen molar-refractivity contribution in [2.75, 3.05) is 46.4 Å². The van der Waals surface area contributed by atoms with Crippen LogP contribution in [-0.2, 0) is 54.4 Å². The molecule has 12 rings (SSSR count). The van der Waals surface area contributed by atoms with Gasteiger partial charge < -0.3 is 41.1 Å². The number of carbonyl (C=O) groups excluding carboxylic acids is 4. The lowest BCUT2D eigenvalue weighted by Gasteiger charge is -2.27. The summed E-state index contributed by atoms with van der Waals surface area (Å²) in [7, 11) is -10.5. The molecule has 666 valence electrons. The first kappa shape index (κ1) is 101. The molecule has 3 saturated heterocycles. The van der Waals surface area contributed by atoms with Gasteiger partial charge in [-0.25, -0.2) is 44.6 Å². The van der Waals surface area contributed by atoms with Crippen LogP contribution < -0.4 is 11.5 Å². The van der Waals surface area contributed by atoms with Gasteiger partial charge in [0, 0.05) is 155 Å². The molecule has 0 bridgehead atoms. The van der Waals surface area contributed by atoms with Gasteiger partial charge in [0.15, 0.2) is 5.96 Å². The summed E-state index contributed by atoms with van der Waals surface area (Å²) in [6, 6.07) is 58.3. The third kappa shape index (κ3) is 29.8. The average Bonchev–Trinajstić information content (AvgIpc) is 1.59. The minimum atomic E-state index is -3.94. The lowest BCUT2D eigenvalue weighted by atomic mass is 10.1. The van der Waals surface area contributed by atoms with Crippen molar-refractivity contribution in [1.82, 2.24) is 27.6 Å². The Morgan fingerprint density at radius 1 is 0.397 bits per heavy atom. The molecule has 26 nitrogen and oxygen atoms in total. The molecule has 3 atom stereocenters. The van der Waals surface area contributed by atoms with Crippen LogP contribution in [0.15, 0.2) is 250 Å². The van der Waals surface area contributed by atoms with E-state index >= 15 is 0 Å². The Morgan fingerprint density at radius 2 is 0.635 bits per heavy atom. The Hall–Kier alpha value is -12.1. The average molecular weight is 1850 g/mol. The highest BCUT2D eigenvalue weighted by Crippen LogP contribution is 2.31. The Labute approximate surface area is 744 Å². The smallest absolute Gasteiger partial charge is 0.337 e. The number of carboxylic acids is 2. The summed E-state index contributed by atoms with van der Waals surface area (Å²) in [5, 5.41) is 23.5. The maximum atomic E-state index is 13.7. The first-order valence-corrected chi connectivity index (χ1v) is 44.0. The number of aliphatic imine (C=N–C) groups is 3. The molecule has 0 radical (unpaired) electrons. The summed E-state index contributed by atoms with van der Waals surface area (Å²) < 4.78 is 123. The van der Waals surface area contributed by atoms with Crippen LogP contribution in [0.25, 0.3) is 18.2 Å². The SMILES string of the molecule is C.CC(C)=Nc1ccc(C(=O)N2CCC(N(Cc3ccc(C(=O)O)cc3)S(=O)(=O)/C=C/c3ccc(Cl)cc3)C2)cc1.COC(=O)c1ccc(CN(C2CCN(C(=O)c3ccc(N=C(C)C)cc3)C2)S(=O)(=O)/C=C/c2ccc(Cl)cc2)cc1.FF.FF.NC(N)=Nc1ccc(C(=O)N2CCC(N(Cc3ccc(C(=O)O)cc3)S(=O)(=O)/C=C/c3ccc(Cl)cc3)C2)cc1. The van der Waals surface area contributed by atoms with Gasteiger partial charge in [-0.2, -0.15) is 12.9 Å². The van der Waals surface area contributed by atoms with E-state index < -0.39 is 66.1 Å². The summed E-state index contributed by atoms with van der Waals surface area (Å²) in [5.41, 5.74) is 20.7. The highest BCUT2D eigenvalue weighted by molar-refractivity contribution is 7.92. The number of methoxy groups -OCH3 is 1. The van der Waals surface area contributed by atoms with Crippen molar-refractivity contribution >= 4 is 153 Å². The number of aromatic carboxylic acids is 2. The molecule has 9 aromatic carbocycles. The van der Waals surface area contributed by atoms with Gasteiger partial charge in [0.1, 0.15) is 0 Å². The summed E-state index contributed by atoms with van der Waals surface area (Å²) in [6.07, 6.45) is 5.90. The number of sulfonamides is 3. The van der Waals surface area contributed by atoms with E-state index in [0.29, 0.717) is 115 Å². The number of esters is 1. The van der Waals surface area contributed by atoms with Gasteiger partial charge in [0.25, 0.3) is 17.7 Å². The van der Waals surface area contributed by atoms with Crippen molar-refractivity contribution in [3.8, 4) is 0 Å². The van der Waals surface area contributed by atoms with E-state index in [2.05, 4.69) is 15.0 Å². The van der Waals surface area contributed by atoms with Gasteiger partial charge in [-0.3, -0.25) is 24.4 Å². The predicted molar refractivity (Wildman–Crippen MR) is 485 cm³/mol. The maximum absolute atomic E-state index is 13.7. The van der Waals surface area contributed by atoms with Crippen LogP contribution >= 0.6 is 34.8 Å². The van der Waals surface area contributed by atoms with Gasteiger partial charge in [0.05, 0.1) is 40.9 Å². The second-order valence-corrected chi connectivity index (χ2v) is 35.5. The highest BCUT2D eigenvalue weighted by atomic mass is 35.5. The van der Waals surface area contributed by atoms with Crippen LogP contribution in [0.5, 0.6) is 0 Å². The summed E-state index contributed by atoms with van der Waals surface area (Å²) in [6.45, 7) is 9.58. The van der Waals surface area contributed by atoms with Crippen LogP contribution in [0.1, 0.15) is 150 Å². The number of hydrogen-bond acceptors (Lipinski definition) is 16. The molecule has 126 heavy (non-hydrogen) atoms. The number of rotatable bonds is 27. The van der Waals surface area contributed by atoms with E-state index in [4.69, 9.17) is 69.3 Å². The van der Waals surface area contributed by atoms with Gasteiger partial charge in [-0.15, -0.1) is 0 Å². The summed E-state index contributed by atoms with van der Waals surface area (Å²) >= 11 is 17.8. The fraction of sp³-hybridized carbons (Fsp3) is 0.233. The Bertz CT molecular complexity index is 5530. The quantitative estimate of drug-likeness (QED) is 0.0161. The molecule has 9 aromatic rings. The number of amides is 3. The van der Waals surface area contributed by atoms with Crippen LogP contribution in [0.4, 0.5) is 35.4 Å². The molecule has 3 heterocycles. The Balaban J connectivity index is 0.000000253. The molecule has 0 spiro atoms. The van der Waals surface area contributed by atoms with Gasteiger partial charge in [-0.05, 0) is 244 Å². The second-order valence-electron chi connectivity index (χ2n) is 28.9. The molecule has 0 aliphatic carbocycles. The zero-order valence-corrected chi connectivity index (χ0v) is 72.9. The fourth-order valence-electron chi connectivity index (χ4n) is 13.4. The number of nitrogens with two attached hydrogens (primary N) is 2. The topological polar surface area (TPSA) is 363 Å². The monoisotopic (exact) mass is 1850 g/mol. The number of benzene rings is 9. The number of halogens is 7. The third-order valence-corrected chi connectivity index (χ3v) is 25.0. The fourth-order valence-corrected chi connectivity index (χ4v) is 18.0. The number of carbonyl (C=O) groups is 6. The molecule has 3 unspecified atom stereocenters. The molecular weight excluding hydrogens is 1750 g/mol. The number of nitrogens with zero attached hydrogens (tertiary/aromatic N) is 9. The zero-order valence-electron chi connectivity index (χ0n) is 68.2. The van der Waals surface area contributed by atoms with E-state index in [1.165, 1.54) is 67.9 Å². The molecule has 3 aliphatic rings. The lowest BCUT2D eigenvalue weighted by molar-refractivity contribution is 0.0598. The normalized spacial score (nSPS) is 14.9. The third-order valence-electron chi connectivity index (χ3n) is 19.6. The van der Waals surface area contributed by atoms with Gasteiger partial charge in [-0.1, -0.05) is 115 Å². The van der Waals surface area contributed by atoms with Crippen LogP contribution in [-0.4, -0.2) is 181 Å². The molecule has 6 N–H and O–H groups in total. The molecule has 0 saturated carbocycles. The van der Waals surface area contributed by atoms with E-state index in [0.717, 1.165) is 33.6 Å². The van der Waals surface area contributed by atoms with Crippen LogP contribution in [0.3, 0.4) is 0 Å². The summed E-state index contributed by atoms with van der Waals surface area (Å²) in [5.74, 6) is -3.26. The zero-order chi connectivity index (χ0) is 91.3. The molecule has 3 aliphatic heterocycles. The van der Waals surface area contributed by atoms with E-state index in [1.54, 1.807) is 209 Å². The first-order valence-electron chi connectivity index (χ1n) is 38.4. The molecular formula is C90H94Cl3F4N11O15S3. The van der Waals surface area contributed by atoms with Gasteiger partial charge in [0.2, 0.25) is 30.1 Å². The molecule has 3 amide bonds. The second kappa shape index (κ2) is 47.9. The number of likely N-dealkylation sites (tertiary alicyclic amines) is 3. The standard InChI is InChI=1S/C31H32ClN3O5S.C30H30ClN3O5S.C28H28ClN5O5S.CH4.2F2/c1-22(2)33-28-14-10-25(11-15-28)30(36)34-18-16-29(21-34)35(20-24-4-8-26(9-5-24)31(37)40-3)41(38,39)19-17-23-6-12-27(32)13-7-23;1-21(2)32-27-13-9-24(10-14-27)29(35)33-17-15-28(20-33)34(19-23-3-7-25(8-4-23)30(36)37)40(38,39)18-16-22-5-11-26(31)12-6-22;29-23-9-3-19(4-10-23)14-16-40(38,39)34(17-20-1-5-22(6-2-20)27(36)37)25-13-15-33(18-25)26(35)21-7-11-24(12-8-21)32-28(30)31;;2*1-2/h4-15,17,19,29H,16,18,20-21H2,1-3H3;3-14,16,18,28H,15,17,19-20H2,1-2H3,(H,36,37);1-12,14,16,25H,13,15,17-18H2,(H,36,37)(H4,30,31,32);1H4;;/b19-17+;18-16+;16-14+;;;. The minimum absolute atomic E-state index is 0. The molecule has 0 aromatic heterocycles. The van der Waals surface area contributed by atoms with Crippen molar-refractivity contribution in [1.29, 1.82) is 0 Å². The molecule has 3 fully saturated rings. The van der Waals surface area contributed by atoms with Crippen molar-refractivity contribution in [3.05, 3.63) is 316 Å². The first-order chi connectivity index (χ1) is 59.6. The summed E-state index contributed by atoms with van der Waals surface area (Å²) in [4.78, 5) is 91.8. The highest BCUT2D eigenvalue weighted by Gasteiger charge is 2.40. The van der Waals surface area contributed by atoms with Gasteiger partial charge >= 0.3 is 17.9 Å². The van der Waals surface area contributed by atoms with Crippen molar-refractivity contribution in [2.24, 2.45) is 26.4 Å². The number of guanidine groups is 1.